The van der Waals surface area contributed by atoms with E-state index in [0.717, 1.165) is 39.6 Å². The molecule has 0 radical (unpaired) electrons. The number of fused-ring (bicyclic) bond motifs is 6. The van der Waals surface area contributed by atoms with Crippen molar-refractivity contribution in [3.05, 3.63) is 176 Å². The molecule has 3 aromatic heterocycles. The fourth-order valence-corrected chi connectivity index (χ4v) is 7.30. The Hall–Kier alpha value is -6.72. The van der Waals surface area contributed by atoms with Crippen molar-refractivity contribution in [1.29, 1.82) is 0 Å². The van der Waals surface area contributed by atoms with Crippen molar-refractivity contribution in [2.45, 2.75) is 0 Å². The van der Waals surface area contributed by atoms with Crippen LogP contribution in [0.2, 0.25) is 0 Å². The Morgan fingerprint density at radius 1 is 0.306 bits per heavy atom. The van der Waals surface area contributed by atoms with Crippen molar-refractivity contribution in [3.63, 3.8) is 0 Å². The quantitative estimate of drug-likeness (QED) is 0.190. The van der Waals surface area contributed by atoms with E-state index in [0.29, 0.717) is 0 Å². The molecule has 10 aromatic rings. The molecule has 0 amide bonds. The highest BCUT2D eigenvalue weighted by atomic mass is 15.5. The van der Waals surface area contributed by atoms with Crippen LogP contribution in [0.15, 0.2) is 176 Å². The van der Waals surface area contributed by atoms with Crippen LogP contribution < -0.4 is 0 Å². The van der Waals surface area contributed by atoms with E-state index in [9.17, 15) is 0 Å². The number of aromatic nitrogens is 5. The summed E-state index contributed by atoms with van der Waals surface area (Å²) in [5, 5.41) is 14.9. The summed E-state index contributed by atoms with van der Waals surface area (Å²) in [4.78, 5) is 1.75. The maximum atomic E-state index is 5.01. The van der Waals surface area contributed by atoms with Gasteiger partial charge in [0.2, 0.25) is 0 Å². The van der Waals surface area contributed by atoms with Crippen LogP contribution >= 0.6 is 0 Å². The first-order valence-electron chi connectivity index (χ1n) is 16.5. The van der Waals surface area contributed by atoms with Crippen molar-refractivity contribution >= 4 is 43.6 Å². The fourth-order valence-electron chi connectivity index (χ4n) is 7.30. The zero-order valence-corrected chi connectivity index (χ0v) is 26.5. The highest BCUT2D eigenvalue weighted by molar-refractivity contribution is 6.19. The van der Waals surface area contributed by atoms with E-state index >= 15 is 0 Å². The Morgan fingerprint density at radius 2 is 0.694 bits per heavy atom. The third-order valence-electron chi connectivity index (χ3n) is 9.53. The second-order valence-corrected chi connectivity index (χ2v) is 12.4. The molecule has 0 N–H and O–H groups in total. The van der Waals surface area contributed by atoms with Gasteiger partial charge in [0.1, 0.15) is 11.4 Å². The molecule has 230 valence electrons. The maximum Gasteiger partial charge on any atom is 0.121 e. The molecule has 0 fully saturated rings. The average molecular weight is 628 g/mol. The predicted molar refractivity (Wildman–Crippen MR) is 201 cm³/mol. The van der Waals surface area contributed by atoms with Gasteiger partial charge in [-0.25, -0.2) is 0 Å². The highest BCUT2D eigenvalue weighted by Gasteiger charge is 2.19. The topological polar surface area (TPSA) is 40.6 Å². The summed E-state index contributed by atoms with van der Waals surface area (Å²) >= 11 is 0. The third-order valence-corrected chi connectivity index (χ3v) is 9.53. The molecule has 0 spiro atoms. The van der Waals surface area contributed by atoms with Crippen molar-refractivity contribution < 1.29 is 0 Å². The number of rotatable bonds is 5. The van der Waals surface area contributed by atoms with Gasteiger partial charge in [0.25, 0.3) is 0 Å². The lowest BCUT2D eigenvalue weighted by atomic mass is 10.1. The van der Waals surface area contributed by atoms with E-state index in [1.165, 1.54) is 43.6 Å². The number of hydrogen-bond donors (Lipinski definition) is 0. The van der Waals surface area contributed by atoms with E-state index < -0.39 is 0 Å². The Balaban J connectivity index is 1.15. The molecule has 7 aromatic carbocycles. The molecule has 49 heavy (non-hydrogen) atoms. The number of hydrogen-bond acceptors (Lipinski definition) is 2. The molecule has 5 nitrogen and oxygen atoms in total. The summed E-state index contributed by atoms with van der Waals surface area (Å²) in [7, 11) is 0. The van der Waals surface area contributed by atoms with Crippen LogP contribution in [0.3, 0.4) is 0 Å². The summed E-state index contributed by atoms with van der Waals surface area (Å²) in [6.07, 6.45) is 0. The molecule has 0 saturated carbocycles. The molecular weight excluding hydrogens is 599 g/mol. The molecule has 0 aliphatic rings. The van der Waals surface area contributed by atoms with E-state index in [-0.39, 0.29) is 0 Å². The normalized spacial score (nSPS) is 11.7. The predicted octanol–water partition coefficient (Wildman–Crippen LogP) is 10.8. The van der Waals surface area contributed by atoms with Gasteiger partial charge < -0.3 is 9.13 Å². The Bertz CT molecular complexity index is 2730. The summed E-state index contributed by atoms with van der Waals surface area (Å²) in [5.41, 5.74) is 11.7. The third kappa shape index (κ3) is 4.33. The first kappa shape index (κ1) is 27.4. The van der Waals surface area contributed by atoms with Gasteiger partial charge in [0.15, 0.2) is 0 Å². The minimum Gasteiger partial charge on any atom is -0.309 e. The molecule has 0 bridgehead atoms. The van der Waals surface area contributed by atoms with Gasteiger partial charge in [-0.05, 0) is 60.7 Å². The summed E-state index contributed by atoms with van der Waals surface area (Å²) in [6, 6.07) is 61.9. The summed E-state index contributed by atoms with van der Waals surface area (Å²) < 4.78 is 4.76. The van der Waals surface area contributed by atoms with Gasteiger partial charge in [-0.2, -0.15) is 4.80 Å². The van der Waals surface area contributed by atoms with Crippen LogP contribution in [0.4, 0.5) is 0 Å². The molecule has 5 heteroatoms. The van der Waals surface area contributed by atoms with E-state index in [1.807, 2.05) is 36.4 Å². The lowest BCUT2D eigenvalue weighted by molar-refractivity contribution is 0.755. The molecule has 0 unspecified atom stereocenters. The van der Waals surface area contributed by atoms with Crippen LogP contribution in [-0.4, -0.2) is 24.1 Å². The lowest BCUT2D eigenvalue weighted by Gasteiger charge is -2.10. The molecule has 3 heterocycles. The molecule has 10 rings (SSSR count). The van der Waals surface area contributed by atoms with Crippen molar-refractivity contribution in [2.24, 2.45) is 0 Å². The standard InChI is InChI=1S/C44H29N5/c1-4-14-30(15-5-1)43-44(31-16-6-2-7-17-31)46-49(45-43)34-26-24-33(25-27-34)48-40-23-13-11-21-36(40)38-28-41-37(29-42(38)48)35-20-10-12-22-39(35)47(41)32-18-8-3-9-19-32/h1-29H. The van der Waals surface area contributed by atoms with Crippen LogP contribution in [0.1, 0.15) is 0 Å². The van der Waals surface area contributed by atoms with Gasteiger partial charge in [-0.3, -0.25) is 0 Å². The monoisotopic (exact) mass is 627 g/mol. The summed E-state index contributed by atoms with van der Waals surface area (Å²) in [5.74, 6) is 0. The molecule has 0 saturated heterocycles. The van der Waals surface area contributed by atoms with E-state index in [1.54, 1.807) is 4.80 Å². The van der Waals surface area contributed by atoms with Crippen molar-refractivity contribution in [3.8, 4) is 39.6 Å². The van der Waals surface area contributed by atoms with Crippen LogP contribution in [0.25, 0.3) is 83.2 Å². The van der Waals surface area contributed by atoms with Gasteiger partial charge in [-0.1, -0.05) is 115 Å². The van der Waals surface area contributed by atoms with E-state index in [2.05, 4.69) is 149 Å². The second-order valence-electron chi connectivity index (χ2n) is 12.4. The molecule has 0 atom stereocenters. The minimum atomic E-state index is 0.858. The van der Waals surface area contributed by atoms with Gasteiger partial charge in [0, 0.05) is 44.0 Å². The Kier molecular flexibility index (Phi) is 6.11. The smallest absolute Gasteiger partial charge is 0.121 e. The number of benzene rings is 7. The Labute approximate surface area is 282 Å². The van der Waals surface area contributed by atoms with Crippen LogP contribution in [-0.2, 0) is 0 Å². The zero-order valence-electron chi connectivity index (χ0n) is 26.5. The Morgan fingerprint density at radius 3 is 1.18 bits per heavy atom. The first-order valence-corrected chi connectivity index (χ1v) is 16.5. The lowest BCUT2D eigenvalue weighted by Crippen LogP contribution is -2.00. The first-order chi connectivity index (χ1) is 24.3. The highest BCUT2D eigenvalue weighted by Crippen LogP contribution is 2.39. The minimum absolute atomic E-state index is 0.858. The van der Waals surface area contributed by atoms with Gasteiger partial charge in [-0.15, -0.1) is 10.2 Å². The zero-order chi connectivity index (χ0) is 32.3. The van der Waals surface area contributed by atoms with Crippen molar-refractivity contribution in [2.75, 3.05) is 0 Å². The maximum absolute atomic E-state index is 5.01. The van der Waals surface area contributed by atoms with Crippen LogP contribution in [0, 0.1) is 0 Å². The second kappa shape index (κ2) is 10.9. The van der Waals surface area contributed by atoms with Gasteiger partial charge in [0.05, 0.1) is 27.8 Å². The van der Waals surface area contributed by atoms with E-state index in [4.69, 9.17) is 10.2 Å². The average Bonchev–Trinajstić information content (AvgIpc) is 3.86. The number of para-hydroxylation sites is 3. The van der Waals surface area contributed by atoms with Crippen molar-refractivity contribution in [1.82, 2.24) is 24.1 Å². The van der Waals surface area contributed by atoms with Gasteiger partial charge >= 0.3 is 0 Å². The molecule has 0 aliphatic heterocycles. The van der Waals surface area contributed by atoms with Crippen LogP contribution in [0.5, 0.6) is 0 Å². The SMILES string of the molecule is c1ccc(-c2nn(-c3ccc(-n4c5ccccc5c5cc6c(cc54)c4ccccc4n6-c4ccccc4)cc3)nc2-c2ccccc2)cc1. The molecule has 0 aliphatic carbocycles. The fraction of sp³-hybridized carbons (Fsp3) is 0. The molecular formula is C44H29N5. The largest absolute Gasteiger partial charge is 0.309 e. The summed E-state index contributed by atoms with van der Waals surface area (Å²) in [6.45, 7) is 0. The number of nitrogens with zero attached hydrogens (tertiary/aromatic N) is 5.